The molecule has 0 aliphatic rings. The average Bonchev–Trinajstić information content (AvgIpc) is 3.25. The van der Waals surface area contributed by atoms with Gasteiger partial charge in [-0.05, 0) is 70.0 Å². The summed E-state index contributed by atoms with van der Waals surface area (Å²) in [7, 11) is 1.78. The molecule has 6 nitrogen and oxygen atoms in total. The van der Waals surface area contributed by atoms with Crippen LogP contribution in [0.4, 0.5) is 0 Å². The van der Waals surface area contributed by atoms with E-state index in [1.54, 1.807) is 24.1 Å². The number of hydrogen-bond donors (Lipinski definition) is 0. The number of aromatic nitrogens is 2. The molecule has 0 fully saturated rings. The summed E-state index contributed by atoms with van der Waals surface area (Å²) in [5.41, 5.74) is 5.41. The summed E-state index contributed by atoms with van der Waals surface area (Å²) in [6, 6.07) is 9.55. The van der Waals surface area contributed by atoms with Crippen LogP contribution in [0.2, 0.25) is 0 Å². The van der Waals surface area contributed by atoms with Crippen molar-refractivity contribution in [3.05, 3.63) is 69.9 Å². The minimum atomic E-state index is -0.161. The lowest BCUT2D eigenvalue weighted by molar-refractivity contribution is 0.0749. The van der Waals surface area contributed by atoms with Crippen molar-refractivity contribution >= 4 is 5.91 Å². The van der Waals surface area contributed by atoms with E-state index in [1.165, 1.54) is 0 Å². The molecule has 154 valence electrons. The molecule has 3 rings (SSSR count). The Bertz CT molecular complexity index is 996. The van der Waals surface area contributed by atoms with Gasteiger partial charge in [-0.3, -0.25) is 9.48 Å². The van der Waals surface area contributed by atoms with Crippen LogP contribution in [0.5, 0.6) is 5.75 Å². The molecule has 2 heterocycles. The summed E-state index contributed by atoms with van der Waals surface area (Å²) >= 11 is 0. The zero-order chi connectivity index (χ0) is 21.1. The predicted octanol–water partition coefficient (Wildman–Crippen LogP) is 4.58. The Morgan fingerprint density at radius 3 is 2.45 bits per heavy atom. The average molecular weight is 396 g/mol. The number of carbonyl (C=O) groups is 1. The fourth-order valence-corrected chi connectivity index (χ4v) is 3.51. The van der Waals surface area contributed by atoms with E-state index in [1.807, 2.05) is 44.5 Å². The van der Waals surface area contributed by atoms with Crippen molar-refractivity contribution < 1.29 is 13.9 Å². The molecule has 0 atom stereocenters. The van der Waals surface area contributed by atoms with Crippen molar-refractivity contribution in [2.75, 3.05) is 7.05 Å². The van der Waals surface area contributed by atoms with E-state index in [0.717, 1.165) is 40.4 Å². The lowest BCUT2D eigenvalue weighted by atomic mass is 10.1. The molecule has 0 N–H and O–H groups in total. The maximum absolute atomic E-state index is 12.8. The molecule has 2 aromatic heterocycles. The SMILES string of the molecule is CCn1nc(C)c(CN(C)C(=O)c2ccc(COc3cc(C)cc(C)c3)o2)c1C. The number of carbonyl (C=O) groups excluding carboxylic acids is 1. The first kappa shape index (κ1) is 20.7. The second-order valence-corrected chi connectivity index (χ2v) is 7.50. The van der Waals surface area contributed by atoms with Gasteiger partial charge < -0.3 is 14.1 Å². The van der Waals surface area contributed by atoms with E-state index in [2.05, 4.69) is 18.1 Å². The highest BCUT2D eigenvalue weighted by atomic mass is 16.5. The molecule has 0 bridgehead atoms. The van der Waals surface area contributed by atoms with Crippen LogP contribution < -0.4 is 4.74 Å². The molecule has 3 aromatic rings. The molecule has 0 saturated carbocycles. The standard InChI is InChI=1S/C23H29N3O3/c1-7-26-18(5)21(17(4)24-26)13-25(6)23(27)22-9-8-19(29-22)14-28-20-11-15(2)10-16(3)12-20/h8-12H,7,13-14H2,1-6H3. The van der Waals surface area contributed by atoms with Gasteiger partial charge in [0.15, 0.2) is 5.76 Å². The van der Waals surface area contributed by atoms with Crippen molar-refractivity contribution in [2.45, 2.75) is 54.3 Å². The van der Waals surface area contributed by atoms with Crippen molar-refractivity contribution in [2.24, 2.45) is 0 Å². The van der Waals surface area contributed by atoms with E-state index in [0.29, 0.717) is 18.1 Å². The second-order valence-electron chi connectivity index (χ2n) is 7.50. The van der Waals surface area contributed by atoms with Crippen molar-refractivity contribution in [1.29, 1.82) is 0 Å². The second kappa shape index (κ2) is 8.55. The number of nitrogens with zero attached hydrogens (tertiary/aromatic N) is 3. The predicted molar refractivity (Wildman–Crippen MR) is 112 cm³/mol. The molecule has 0 aliphatic heterocycles. The molecule has 29 heavy (non-hydrogen) atoms. The summed E-state index contributed by atoms with van der Waals surface area (Å²) in [4.78, 5) is 14.4. The highest BCUT2D eigenvalue weighted by Crippen LogP contribution is 2.20. The summed E-state index contributed by atoms with van der Waals surface area (Å²) < 4.78 is 13.5. The van der Waals surface area contributed by atoms with Crippen molar-refractivity contribution in [3.8, 4) is 5.75 Å². The Balaban J connectivity index is 1.64. The minimum Gasteiger partial charge on any atom is -0.486 e. The molecule has 1 amide bonds. The number of amides is 1. The van der Waals surface area contributed by atoms with Crippen LogP contribution >= 0.6 is 0 Å². The highest BCUT2D eigenvalue weighted by Gasteiger charge is 2.20. The maximum atomic E-state index is 12.8. The van der Waals surface area contributed by atoms with Gasteiger partial charge in [-0.2, -0.15) is 5.10 Å². The molecular formula is C23H29N3O3. The summed E-state index contributed by atoms with van der Waals surface area (Å²) in [6.07, 6.45) is 0. The van der Waals surface area contributed by atoms with E-state index >= 15 is 0 Å². The number of hydrogen-bond acceptors (Lipinski definition) is 4. The Hall–Kier alpha value is -3.02. The number of benzene rings is 1. The first-order valence-electron chi connectivity index (χ1n) is 9.86. The van der Waals surface area contributed by atoms with E-state index < -0.39 is 0 Å². The lowest BCUT2D eigenvalue weighted by Crippen LogP contribution is -2.26. The Morgan fingerprint density at radius 1 is 1.14 bits per heavy atom. The van der Waals surface area contributed by atoms with Gasteiger partial charge in [0.05, 0.1) is 5.69 Å². The van der Waals surface area contributed by atoms with Crippen LogP contribution in [-0.2, 0) is 19.7 Å². The van der Waals surface area contributed by atoms with Crippen LogP contribution in [0.3, 0.4) is 0 Å². The van der Waals surface area contributed by atoms with E-state index in [4.69, 9.17) is 9.15 Å². The Labute approximate surface area is 172 Å². The summed E-state index contributed by atoms with van der Waals surface area (Å²) in [5, 5.41) is 4.52. The van der Waals surface area contributed by atoms with Gasteiger partial charge in [-0.1, -0.05) is 6.07 Å². The first-order valence-corrected chi connectivity index (χ1v) is 9.86. The van der Waals surface area contributed by atoms with Crippen LogP contribution in [-0.4, -0.2) is 27.6 Å². The van der Waals surface area contributed by atoms with Crippen molar-refractivity contribution in [1.82, 2.24) is 14.7 Å². The topological polar surface area (TPSA) is 60.5 Å². The zero-order valence-corrected chi connectivity index (χ0v) is 18.1. The summed E-state index contributed by atoms with van der Waals surface area (Å²) in [5.74, 6) is 1.56. The molecule has 0 spiro atoms. The minimum absolute atomic E-state index is 0.161. The van der Waals surface area contributed by atoms with Crippen LogP contribution in [0.25, 0.3) is 0 Å². The molecule has 0 aliphatic carbocycles. The van der Waals surface area contributed by atoms with Gasteiger partial charge >= 0.3 is 0 Å². The molecule has 6 heteroatoms. The Kier molecular flexibility index (Phi) is 6.11. The van der Waals surface area contributed by atoms with Crippen molar-refractivity contribution in [3.63, 3.8) is 0 Å². The molecule has 0 unspecified atom stereocenters. The van der Waals surface area contributed by atoms with E-state index in [-0.39, 0.29) is 12.5 Å². The maximum Gasteiger partial charge on any atom is 0.289 e. The third-order valence-electron chi connectivity index (χ3n) is 5.02. The zero-order valence-electron chi connectivity index (χ0n) is 18.1. The van der Waals surface area contributed by atoms with Crippen LogP contribution in [0, 0.1) is 27.7 Å². The Morgan fingerprint density at radius 2 is 1.83 bits per heavy atom. The smallest absolute Gasteiger partial charge is 0.289 e. The first-order chi connectivity index (χ1) is 13.8. The fraction of sp³-hybridized carbons (Fsp3) is 0.391. The number of rotatable bonds is 7. The third-order valence-corrected chi connectivity index (χ3v) is 5.02. The van der Waals surface area contributed by atoms with Gasteiger partial charge in [0.2, 0.25) is 0 Å². The molecular weight excluding hydrogens is 366 g/mol. The third kappa shape index (κ3) is 4.70. The van der Waals surface area contributed by atoms with Crippen LogP contribution in [0.15, 0.2) is 34.7 Å². The normalized spacial score (nSPS) is 11.0. The number of ether oxygens (including phenoxy) is 1. The largest absolute Gasteiger partial charge is 0.486 e. The lowest BCUT2D eigenvalue weighted by Gasteiger charge is -2.16. The van der Waals surface area contributed by atoms with Gasteiger partial charge in [0, 0.05) is 31.4 Å². The summed E-state index contributed by atoms with van der Waals surface area (Å²) in [6.45, 7) is 11.7. The monoisotopic (exact) mass is 395 g/mol. The molecule has 0 saturated heterocycles. The van der Waals surface area contributed by atoms with Gasteiger partial charge in [-0.15, -0.1) is 0 Å². The quantitative estimate of drug-likeness (QED) is 0.587. The highest BCUT2D eigenvalue weighted by molar-refractivity contribution is 5.91. The number of aryl methyl sites for hydroxylation is 4. The van der Waals surface area contributed by atoms with Gasteiger partial charge in [0.1, 0.15) is 18.1 Å². The van der Waals surface area contributed by atoms with E-state index in [9.17, 15) is 4.79 Å². The van der Waals surface area contributed by atoms with Crippen LogP contribution in [0.1, 0.15) is 51.3 Å². The fourth-order valence-electron chi connectivity index (χ4n) is 3.51. The van der Waals surface area contributed by atoms with Gasteiger partial charge in [-0.25, -0.2) is 0 Å². The number of furan rings is 1. The molecule has 0 radical (unpaired) electrons. The molecule has 1 aromatic carbocycles. The van der Waals surface area contributed by atoms with Gasteiger partial charge in [0.25, 0.3) is 5.91 Å².